The minimum absolute atomic E-state index is 0.884. The fourth-order valence-corrected chi connectivity index (χ4v) is 2.97. The molecule has 6 heteroatoms. The van der Waals surface area contributed by atoms with Crippen LogP contribution in [0.1, 0.15) is 33.4 Å². The van der Waals surface area contributed by atoms with Crippen molar-refractivity contribution in [2.24, 2.45) is 0 Å². The third-order valence-corrected chi connectivity index (χ3v) is 4.04. The standard InChI is InChI=1S/C13H21N5S/c1-9-12(10(2)15-14-9)6-5-7-18(4)8-13-17-16-11(3)19-13/h5-8H2,1-4H3,(H,14,15). The van der Waals surface area contributed by atoms with Gasteiger partial charge in [0.2, 0.25) is 0 Å². The van der Waals surface area contributed by atoms with Crippen molar-refractivity contribution in [3.05, 3.63) is 27.0 Å². The highest BCUT2D eigenvalue weighted by atomic mass is 32.1. The number of nitrogens with zero attached hydrogens (tertiary/aromatic N) is 4. The van der Waals surface area contributed by atoms with E-state index >= 15 is 0 Å². The second-order valence-electron chi connectivity index (χ2n) is 4.97. The molecule has 0 fully saturated rings. The summed E-state index contributed by atoms with van der Waals surface area (Å²) in [5.74, 6) is 0. The average molecular weight is 279 g/mol. The zero-order valence-electron chi connectivity index (χ0n) is 12.0. The number of nitrogens with one attached hydrogen (secondary N) is 1. The maximum atomic E-state index is 4.23. The smallest absolute Gasteiger partial charge is 0.131 e. The zero-order valence-corrected chi connectivity index (χ0v) is 12.8. The Bertz CT molecular complexity index is 511. The monoisotopic (exact) mass is 279 g/mol. The Morgan fingerprint density at radius 3 is 2.58 bits per heavy atom. The van der Waals surface area contributed by atoms with E-state index in [1.165, 1.54) is 11.3 Å². The molecule has 0 aliphatic heterocycles. The molecule has 19 heavy (non-hydrogen) atoms. The van der Waals surface area contributed by atoms with E-state index < -0.39 is 0 Å². The Labute approximate surface area is 118 Å². The van der Waals surface area contributed by atoms with Gasteiger partial charge in [0.05, 0.1) is 12.2 Å². The molecule has 0 saturated heterocycles. The predicted octanol–water partition coefficient (Wildman–Crippen LogP) is 2.25. The SMILES string of the molecule is Cc1nnc(CN(C)CCCc2c(C)n[nH]c2C)s1. The van der Waals surface area contributed by atoms with Crippen molar-refractivity contribution >= 4 is 11.3 Å². The van der Waals surface area contributed by atoms with Gasteiger partial charge < -0.3 is 0 Å². The van der Waals surface area contributed by atoms with Crippen molar-refractivity contribution in [3.63, 3.8) is 0 Å². The molecule has 2 aromatic heterocycles. The van der Waals surface area contributed by atoms with Gasteiger partial charge in [0.15, 0.2) is 0 Å². The molecule has 2 rings (SSSR count). The highest BCUT2D eigenvalue weighted by Gasteiger charge is 2.08. The second-order valence-corrected chi connectivity index (χ2v) is 6.23. The van der Waals surface area contributed by atoms with E-state index in [0.717, 1.165) is 41.6 Å². The van der Waals surface area contributed by atoms with Crippen molar-refractivity contribution in [2.75, 3.05) is 13.6 Å². The van der Waals surface area contributed by atoms with E-state index in [4.69, 9.17) is 0 Å². The third kappa shape index (κ3) is 3.84. The van der Waals surface area contributed by atoms with Crippen LogP contribution < -0.4 is 0 Å². The van der Waals surface area contributed by atoms with Crippen LogP contribution in [0.5, 0.6) is 0 Å². The zero-order chi connectivity index (χ0) is 13.8. The van der Waals surface area contributed by atoms with Crippen molar-refractivity contribution in [1.29, 1.82) is 0 Å². The normalized spacial score (nSPS) is 11.4. The molecule has 0 atom stereocenters. The molecule has 0 amide bonds. The molecule has 104 valence electrons. The molecule has 2 heterocycles. The van der Waals surface area contributed by atoms with Crippen LogP contribution in [-0.2, 0) is 13.0 Å². The Morgan fingerprint density at radius 1 is 1.21 bits per heavy atom. The quantitative estimate of drug-likeness (QED) is 0.881. The molecular formula is C13H21N5S. The van der Waals surface area contributed by atoms with Crippen LogP contribution in [0.25, 0.3) is 0 Å². The van der Waals surface area contributed by atoms with Gasteiger partial charge >= 0.3 is 0 Å². The minimum atomic E-state index is 0.884. The van der Waals surface area contributed by atoms with Gasteiger partial charge in [-0.25, -0.2) is 0 Å². The molecule has 0 bridgehead atoms. The summed E-state index contributed by atoms with van der Waals surface area (Å²) in [5, 5.41) is 17.6. The van der Waals surface area contributed by atoms with Gasteiger partial charge in [0, 0.05) is 5.69 Å². The summed E-state index contributed by atoms with van der Waals surface area (Å²) < 4.78 is 0. The molecule has 1 N–H and O–H groups in total. The molecule has 0 aliphatic carbocycles. The van der Waals surface area contributed by atoms with E-state index in [9.17, 15) is 0 Å². The lowest BCUT2D eigenvalue weighted by atomic mass is 10.1. The van der Waals surface area contributed by atoms with E-state index in [-0.39, 0.29) is 0 Å². The molecule has 0 aliphatic rings. The molecule has 0 aromatic carbocycles. The lowest BCUT2D eigenvalue weighted by Crippen LogP contribution is -2.19. The first kappa shape index (κ1) is 14.1. The van der Waals surface area contributed by atoms with Gasteiger partial charge in [0.1, 0.15) is 10.0 Å². The Hall–Kier alpha value is -1.27. The first-order chi connectivity index (χ1) is 9.06. The molecule has 5 nitrogen and oxygen atoms in total. The number of hydrogen-bond acceptors (Lipinski definition) is 5. The summed E-state index contributed by atoms with van der Waals surface area (Å²) in [7, 11) is 2.13. The van der Waals surface area contributed by atoms with Gasteiger partial charge in [-0.1, -0.05) is 0 Å². The van der Waals surface area contributed by atoms with Crippen LogP contribution in [0, 0.1) is 20.8 Å². The lowest BCUT2D eigenvalue weighted by Gasteiger charge is -2.14. The molecule has 0 radical (unpaired) electrons. The summed E-state index contributed by atoms with van der Waals surface area (Å²) in [6, 6.07) is 0. The number of rotatable bonds is 6. The fraction of sp³-hybridized carbons (Fsp3) is 0.615. The second kappa shape index (κ2) is 6.25. The topological polar surface area (TPSA) is 57.7 Å². The molecule has 0 saturated carbocycles. The van der Waals surface area contributed by atoms with Crippen molar-refractivity contribution in [3.8, 4) is 0 Å². The number of aryl methyl sites for hydroxylation is 3. The van der Waals surface area contributed by atoms with Crippen LogP contribution in [0.3, 0.4) is 0 Å². The van der Waals surface area contributed by atoms with E-state index in [2.05, 4.69) is 46.2 Å². The van der Waals surface area contributed by atoms with Gasteiger partial charge in [-0.3, -0.25) is 10.00 Å². The summed E-state index contributed by atoms with van der Waals surface area (Å²) in [6.07, 6.45) is 2.21. The fourth-order valence-electron chi connectivity index (χ4n) is 2.18. The largest absolute Gasteiger partial charge is 0.300 e. The van der Waals surface area contributed by atoms with Gasteiger partial charge in [0.25, 0.3) is 0 Å². The lowest BCUT2D eigenvalue weighted by molar-refractivity contribution is 0.320. The Balaban J connectivity index is 1.76. The maximum absolute atomic E-state index is 4.23. The first-order valence-electron chi connectivity index (χ1n) is 6.54. The van der Waals surface area contributed by atoms with E-state index in [1.54, 1.807) is 11.3 Å². The molecular weight excluding hydrogens is 258 g/mol. The maximum Gasteiger partial charge on any atom is 0.131 e. The predicted molar refractivity (Wildman–Crippen MR) is 77.4 cm³/mol. The Morgan fingerprint density at radius 2 is 2.00 bits per heavy atom. The van der Waals surface area contributed by atoms with Gasteiger partial charge in [-0.2, -0.15) is 5.10 Å². The van der Waals surface area contributed by atoms with Crippen LogP contribution >= 0.6 is 11.3 Å². The Kier molecular flexibility index (Phi) is 4.66. The third-order valence-electron chi connectivity index (χ3n) is 3.22. The summed E-state index contributed by atoms with van der Waals surface area (Å²) in [4.78, 5) is 2.30. The van der Waals surface area contributed by atoms with E-state index in [1.807, 2.05) is 6.92 Å². The van der Waals surface area contributed by atoms with Crippen LogP contribution in [0.4, 0.5) is 0 Å². The van der Waals surface area contributed by atoms with Crippen molar-refractivity contribution in [2.45, 2.75) is 40.2 Å². The number of hydrogen-bond donors (Lipinski definition) is 1. The molecule has 0 unspecified atom stereocenters. The van der Waals surface area contributed by atoms with Crippen LogP contribution in [0.15, 0.2) is 0 Å². The van der Waals surface area contributed by atoms with Crippen molar-refractivity contribution < 1.29 is 0 Å². The summed E-state index contributed by atoms with van der Waals surface area (Å²) in [6.45, 7) is 8.08. The number of H-pyrrole nitrogens is 1. The van der Waals surface area contributed by atoms with E-state index in [0.29, 0.717) is 0 Å². The number of aromatic nitrogens is 4. The average Bonchev–Trinajstić information content (AvgIpc) is 2.89. The van der Waals surface area contributed by atoms with Crippen molar-refractivity contribution in [1.82, 2.24) is 25.3 Å². The summed E-state index contributed by atoms with van der Waals surface area (Å²) >= 11 is 1.67. The highest BCUT2D eigenvalue weighted by molar-refractivity contribution is 7.11. The highest BCUT2D eigenvalue weighted by Crippen LogP contribution is 2.13. The van der Waals surface area contributed by atoms with Crippen LogP contribution in [-0.4, -0.2) is 38.9 Å². The number of aromatic amines is 1. The minimum Gasteiger partial charge on any atom is -0.300 e. The summed E-state index contributed by atoms with van der Waals surface area (Å²) in [5.41, 5.74) is 3.68. The molecule has 2 aromatic rings. The van der Waals surface area contributed by atoms with Gasteiger partial charge in [-0.05, 0) is 52.8 Å². The first-order valence-corrected chi connectivity index (χ1v) is 7.36. The molecule has 0 spiro atoms. The van der Waals surface area contributed by atoms with Gasteiger partial charge in [-0.15, -0.1) is 21.5 Å². The van der Waals surface area contributed by atoms with Crippen LogP contribution in [0.2, 0.25) is 0 Å².